The van der Waals surface area contributed by atoms with Crippen molar-refractivity contribution >= 4 is 22.4 Å². The largest absolute Gasteiger partial charge is 0.481 e. The number of fused-ring (bicyclic) bond motifs is 1. The van der Waals surface area contributed by atoms with Crippen LogP contribution in [-0.2, 0) is 11.2 Å². The van der Waals surface area contributed by atoms with Crippen molar-refractivity contribution < 1.29 is 9.90 Å². The molecule has 112 valence electrons. The second-order valence-corrected chi connectivity index (χ2v) is 7.69. The SMILES string of the molecule is CC(C)C(C)(C)CNc1nc2c(s1)CCCC2C(=O)O. The maximum absolute atomic E-state index is 11.3. The molecule has 0 saturated carbocycles. The third-order valence-corrected chi connectivity index (χ3v) is 5.60. The second kappa shape index (κ2) is 5.72. The lowest BCUT2D eigenvalue weighted by molar-refractivity contribution is -0.139. The Kier molecular flexibility index (Phi) is 4.37. The van der Waals surface area contributed by atoms with E-state index in [0.29, 0.717) is 12.3 Å². The molecule has 4 nitrogen and oxygen atoms in total. The van der Waals surface area contributed by atoms with Gasteiger partial charge in [-0.1, -0.05) is 27.7 Å². The monoisotopic (exact) mass is 296 g/mol. The van der Waals surface area contributed by atoms with Crippen molar-refractivity contribution in [2.24, 2.45) is 11.3 Å². The van der Waals surface area contributed by atoms with E-state index in [2.05, 4.69) is 38.0 Å². The smallest absolute Gasteiger partial charge is 0.312 e. The molecular formula is C15H24N2O2S. The zero-order valence-corrected chi connectivity index (χ0v) is 13.5. The molecule has 1 heterocycles. The first-order chi connectivity index (χ1) is 9.31. The number of hydrogen-bond donors (Lipinski definition) is 2. The maximum atomic E-state index is 11.3. The highest BCUT2D eigenvalue weighted by molar-refractivity contribution is 7.15. The van der Waals surface area contributed by atoms with Crippen LogP contribution >= 0.6 is 11.3 Å². The van der Waals surface area contributed by atoms with Crippen molar-refractivity contribution in [2.75, 3.05) is 11.9 Å². The summed E-state index contributed by atoms with van der Waals surface area (Å²) in [5, 5.41) is 13.5. The molecule has 0 bridgehead atoms. The first kappa shape index (κ1) is 15.3. The molecule has 0 spiro atoms. The van der Waals surface area contributed by atoms with Crippen LogP contribution in [0.3, 0.4) is 0 Å². The van der Waals surface area contributed by atoms with Gasteiger partial charge >= 0.3 is 5.97 Å². The number of hydrogen-bond acceptors (Lipinski definition) is 4. The molecule has 2 rings (SSSR count). The summed E-state index contributed by atoms with van der Waals surface area (Å²) in [7, 11) is 0. The van der Waals surface area contributed by atoms with Gasteiger partial charge in [0.25, 0.3) is 0 Å². The zero-order chi connectivity index (χ0) is 14.9. The molecule has 0 aromatic carbocycles. The van der Waals surface area contributed by atoms with Crippen LogP contribution in [0.2, 0.25) is 0 Å². The molecule has 0 radical (unpaired) electrons. The minimum absolute atomic E-state index is 0.193. The van der Waals surface area contributed by atoms with E-state index in [9.17, 15) is 9.90 Å². The number of carboxylic acids is 1. The van der Waals surface area contributed by atoms with E-state index in [1.807, 2.05) is 0 Å². The minimum atomic E-state index is -0.745. The Hall–Kier alpha value is -1.10. The fourth-order valence-electron chi connectivity index (χ4n) is 2.24. The number of aliphatic carboxylic acids is 1. The molecule has 1 aromatic rings. The number of thiazole rings is 1. The van der Waals surface area contributed by atoms with Crippen LogP contribution in [0, 0.1) is 11.3 Å². The van der Waals surface area contributed by atoms with Crippen molar-refractivity contribution in [2.45, 2.75) is 52.9 Å². The van der Waals surface area contributed by atoms with Gasteiger partial charge in [0.05, 0.1) is 5.69 Å². The van der Waals surface area contributed by atoms with Crippen LogP contribution in [-0.4, -0.2) is 22.6 Å². The van der Waals surface area contributed by atoms with Crippen LogP contribution < -0.4 is 5.32 Å². The first-order valence-electron chi connectivity index (χ1n) is 7.27. The van der Waals surface area contributed by atoms with Crippen LogP contribution in [0.1, 0.15) is 57.0 Å². The first-order valence-corrected chi connectivity index (χ1v) is 8.09. The van der Waals surface area contributed by atoms with Gasteiger partial charge in [0.1, 0.15) is 5.92 Å². The lowest BCUT2D eigenvalue weighted by Gasteiger charge is -2.29. The van der Waals surface area contributed by atoms with Crippen LogP contribution in [0.4, 0.5) is 5.13 Å². The highest BCUT2D eigenvalue weighted by Gasteiger charge is 2.30. The van der Waals surface area contributed by atoms with E-state index >= 15 is 0 Å². The van der Waals surface area contributed by atoms with E-state index in [-0.39, 0.29) is 5.41 Å². The molecular weight excluding hydrogens is 272 g/mol. The number of nitrogens with one attached hydrogen (secondary N) is 1. The van der Waals surface area contributed by atoms with E-state index in [0.717, 1.165) is 35.1 Å². The summed E-state index contributed by atoms with van der Waals surface area (Å²) in [5.74, 6) is -0.578. The average Bonchev–Trinajstić information content (AvgIpc) is 2.78. The number of aryl methyl sites for hydroxylation is 1. The molecule has 2 N–H and O–H groups in total. The van der Waals surface area contributed by atoms with Crippen LogP contribution in [0.5, 0.6) is 0 Å². The van der Waals surface area contributed by atoms with Gasteiger partial charge in [-0.05, 0) is 30.6 Å². The molecule has 0 saturated heterocycles. The van der Waals surface area contributed by atoms with Gasteiger partial charge in [-0.2, -0.15) is 0 Å². The van der Waals surface area contributed by atoms with Gasteiger partial charge in [-0.25, -0.2) is 4.98 Å². The minimum Gasteiger partial charge on any atom is -0.481 e. The Morgan fingerprint density at radius 2 is 2.25 bits per heavy atom. The normalized spacial score (nSPS) is 18.9. The van der Waals surface area contributed by atoms with E-state index < -0.39 is 11.9 Å². The predicted octanol–water partition coefficient (Wildman–Crippen LogP) is 3.74. The van der Waals surface area contributed by atoms with Crippen molar-refractivity contribution in [3.63, 3.8) is 0 Å². The summed E-state index contributed by atoms with van der Waals surface area (Å²) in [4.78, 5) is 17.0. The van der Waals surface area contributed by atoms with Crippen LogP contribution in [0.25, 0.3) is 0 Å². The highest BCUT2D eigenvalue weighted by atomic mass is 32.1. The predicted molar refractivity (Wildman–Crippen MR) is 82.5 cm³/mol. The number of nitrogens with zero attached hydrogens (tertiary/aromatic N) is 1. The van der Waals surface area contributed by atoms with E-state index in [1.54, 1.807) is 11.3 Å². The fraction of sp³-hybridized carbons (Fsp3) is 0.733. The molecule has 1 atom stereocenters. The number of rotatable bonds is 5. The molecule has 1 unspecified atom stereocenters. The molecule has 1 aliphatic carbocycles. The number of carbonyl (C=O) groups is 1. The van der Waals surface area contributed by atoms with Gasteiger partial charge in [-0.3, -0.25) is 4.79 Å². The highest BCUT2D eigenvalue weighted by Crippen LogP contribution is 2.37. The third kappa shape index (κ3) is 3.14. The lowest BCUT2D eigenvalue weighted by atomic mass is 9.81. The summed E-state index contributed by atoms with van der Waals surface area (Å²) in [5.41, 5.74) is 0.983. The molecule has 20 heavy (non-hydrogen) atoms. The molecule has 1 aliphatic rings. The number of anilines is 1. The third-order valence-electron chi connectivity index (χ3n) is 4.51. The second-order valence-electron chi connectivity index (χ2n) is 6.61. The standard InChI is InChI=1S/C15H24N2O2S/c1-9(2)15(3,4)8-16-14-17-12-10(13(18)19)6-5-7-11(12)20-14/h9-10H,5-8H2,1-4H3,(H,16,17)(H,18,19). The molecule has 0 amide bonds. The molecule has 0 fully saturated rings. The summed E-state index contributed by atoms with van der Waals surface area (Å²) in [6.07, 6.45) is 2.62. The van der Waals surface area contributed by atoms with Gasteiger partial charge in [0.2, 0.25) is 0 Å². The number of carboxylic acid groups (broad SMARTS) is 1. The Morgan fingerprint density at radius 1 is 1.55 bits per heavy atom. The van der Waals surface area contributed by atoms with Gasteiger partial charge in [0, 0.05) is 11.4 Å². The van der Waals surface area contributed by atoms with Crippen molar-refractivity contribution in [1.29, 1.82) is 0 Å². The summed E-state index contributed by atoms with van der Waals surface area (Å²) < 4.78 is 0. The van der Waals surface area contributed by atoms with Crippen molar-refractivity contribution in [3.8, 4) is 0 Å². The van der Waals surface area contributed by atoms with Crippen molar-refractivity contribution in [3.05, 3.63) is 10.6 Å². The van der Waals surface area contributed by atoms with Crippen molar-refractivity contribution in [1.82, 2.24) is 4.98 Å². The summed E-state index contributed by atoms with van der Waals surface area (Å²) >= 11 is 1.62. The quantitative estimate of drug-likeness (QED) is 0.869. The fourth-order valence-corrected chi connectivity index (χ4v) is 3.30. The Balaban J connectivity index is 2.10. The lowest BCUT2D eigenvalue weighted by Crippen LogP contribution is -2.28. The maximum Gasteiger partial charge on any atom is 0.312 e. The Morgan fingerprint density at radius 3 is 2.85 bits per heavy atom. The van der Waals surface area contributed by atoms with E-state index in [1.165, 1.54) is 0 Å². The van der Waals surface area contributed by atoms with Gasteiger partial charge < -0.3 is 10.4 Å². The van der Waals surface area contributed by atoms with E-state index in [4.69, 9.17) is 0 Å². The van der Waals surface area contributed by atoms with Gasteiger partial charge in [0.15, 0.2) is 5.13 Å². The molecule has 0 aliphatic heterocycles. The Labute approximate surface area is 124 Å². The topological polar surface area (TPSA) is 62.2 Å². The Bertz CT molecular complexity index is 494. The number of aromatic nitrogens is 1. The van der Waals surface area contributed by atoms with Gasteiger partial charge in [-0.15, -0.1) is 11.3 Å². The molecule has 5 heteroatoms. The average molecular weight is 296 g/mol. The summed E-state index contributed by atoms with van der Waals surface area (Å²) in [6, 6.07) is 0. The summed E-state index contributed by atoms with van der Waals surface area (Å²) in [6.45, 7) is 9.76. The van der Waals surface area contributed by atoms with Crippen LogP contribution in [0.15, 0.2) is 0 Å². The zero-order valence-electron chi connectivity index (χ0n) is 12.7. The molecule has 1 aromatic heterocycles.